The zero-order valence-electron chi connectivity index (χ0n) is 9.37. The molecule has 2 rings (SSSR count). The first-order chi connectivity index (χ1) is 8.04. The van der Waals surface area contributed by atoms with Crippen LogP contribution in [0.4, 0.5) is 0 Å². The maximum atomic E-state index is 5.85. The summed E-state index contributed by atoms with van der Waals surface area (Å²) in [5, 5.41) is 0.384. The molecule has 88 valence electrons. The molecule has 0 aliphatic carbocycles. The van der Waals surface area contributed by atoms with Crippen molar-refractivity contribution in [1.29, 1.82) is 0 Å². The number of aryl methyl sites for hydroxylation is 2. The van der Waals surface area contributed by atoms with Gasteiger partial charge in [0.25, 0.3) is 0 Å². The van der Waals surface area contributed by atoms with E-state index >= 15 is 0 Å². The second-order valence-corrected chi connectivity index (χ2v) is 5.16. The van der Waals surface area contributed by atoms with E-state index in [0.717, 1.165) is 14.9 Å². The van der Waals surface area contributed by atoms with Crippen LogP contribution in [-0.4, -0.2) is 9.97 Å². The molecule has 1 aromatic carbocycles. The second-order valence-electron chi connectivity index (χ2n) is 3.61. The molecule has 1 aromatic heterocycles. The maximum Gasteiger partial charge on any atom is 0.224 e. The van der Waals surface area contributed by atoms with Gasteiger partial charge in [-0.3, -0.25) is 0 Å². The van der Waals surface area contributed by atoms with E-state index in [1.807, 2.05) is 25.1 Å². The van der Waals surface area contributed by atoms with Crippen LogP contribution in [0, 0.1) is 17.4 Å². The number of hydrogen-bond donors (Lipinski definition) is 0. The van der Waals surface area contributed by atoms with Crippen molar-refractivity contribution in [2.75, 3.05) is 0 Å². The van der Waals surface area contributed by atoms with Gasteiger partial charge in [0, 0.05) is 6.07 Å². The first kappa shape index (κ1) is 12.6. The standard InChI is InChI=1S/C12H10ClIN2O/c1-7-3-4-9(14)10(5-7)17-12-6-11(13)15-8(2)16-12/h3-6H,1-2H3. The van der Waals surface area contributed by atoms with Crippen molar-refractivity contribution in [3.8, 4) is 11.6 Å². The summed E-state index contributed by atoms with van der Waals surface area (Å²) in [7, 11) is 0. The molecular formula is C12H10ClIN2O. The molecule has 5 heteroatoms. The highest BCUT2D eigenvalue weighted by molar-refractivity contribution is 14.1. The Morgan fingerprint density at radius 1 is 1.18 bits per heavy atom. The highest BCUT2D eigenvalue weighted by atomic mass is 127. The number of hydrogen-bond acceptors (Lipinski definition) is 3. The lowest BCUT2D eigenvalue weighted by Gasteiger charge is -2.08. The quantitative estimate of drug-likeness (QED) is 0.596. The zero-order chi connectivity index (χ0) is 12.4. The monoisotopic (exact) mass is 360 g/mol. The Balaban J connectivity index is 2.34. The van der Waals surface area contributed by atoms with E-state index < -0.39 is 0 Å². The first-order valence-corrected chi connectivity index (χ1v) is 6.45. The van der Waals surface area contributed by atoms with Crippen LogP contribution in [0.25, 0.3) is 0 Å². The smallest absolute Gasteiger partial charge is 0.224 e. The van der Waals surface area contributed by atoms with Crippen LogP contribution in [0.2, 0.25) is 5.15 Å². The van der Waals surface area contributed by atoms with Gasteiger partial charge < -0.3 is 4.74 Å². The van der Waals surface area contributed by atoms with Gasteiger partial charge >= 0.3 is 0 Å². The average Bonchev–Trinajstić information content (AvgIpc) is 2.22. The van der Waals surface area contributed by atoms with Crippen LogP contribution in [0.5, 0.6) is 11.6 Å². The third-order valence-electron chi connectivity index (χ3n) is 2.08. The highest BCUT2D eigenvalue weighted by Gasteiger charge is 2.06. The van der Waals surface area contributed by atoms with Crippen molar-refractivity contribution in [2.45, 2.75) is 13.8 Å². The third kappa shape index (κ3) is 3.29. The second kappa shape index (κ2) is 5.18. The van der Waals surface area contributed by atoms with Crippen molar-refractivity contribution in [3.63, 3.8) is 0 Å². The average molecular weight is 361 g/mol. The van der Waals surface area contributed by atoms with E-state index in [-0.39, 0.29) is 0 Å². The summed E-state index contributed by atoms with van der Waals surface area (Å²) in [5.41, 5.74) is 1.14. The van der Waals surface area contributed by atoms with Crippen molar-refractivity contribution in [3.05, 3.63) is 44.4 Å². The molecule has 17 heavy (non-hydrogen) atoms. The molecule has 0 aliphatic rings. The molecule has 0 bridgehead atoms. The van der Waals surface area contributed by atoms with E-state index in [0.29, 0.717) is 16.9 Å². The predicted octanol–water partition coefficient (Wildman–Crippen LogP) is 4.14. The van der Waals surface area contributed by atoms with Gasteiger partial charge in [0.1, 0.15) is 16.7 Å². The molecule has 3 nitrogen and oxygen atoms in total. The van der Waals surface area contributed by atoms with E-state index in [1.54, 1.807) is 13.0 Å². The Labute approximate surface area is 118 Å². The lowest BCUT2D eigenvalue weighted by Crippen LogP contribution is -1.94. The summed E-state index contributed by atoms with van der Waals surface area (Å²) in [6.07, 6.45) is 0. The number of rotatable bonds is 2. The molecule has 1 heterocycles. The van der Waals surface area contributed by atoms with Crippen molar-refractivity contribution in [2.24, 2.45) is 0 Å². The van der Waals surface area contributed by atoms with Crippen LogP contribution >= 0.6 is 34.2 Å². The van der Waals surface area contributed by atoms with Crippen LogP contribution in [-0.2, 0) is 0 Å². The maximum absolute atomic E-state index is 5.85. The van der Waals surface area contributed by atoms with Gasteiger partial charge in [-0.05, 0) is 54.1 Å². The van der Waals surface area contributed by atoms with E-state index in [1.165, 1.54) is 0 Å². The topological polar surface area (TPSA) is 35.0 Å². The third-order valence-corrected chi connectivity index (χ3v) is 3.17. The fraction of sp³-hybridized carbons (Fsp3) is 0.167. The molecule has 2 aromatic rings. The summed E-state index contributed by atoms with van der Waals surface area (Å²) in [4.78, 5) is 8.17. The Bertz CT molecular complexity index is 540. The summed E-state index contributed by atoms with van der Waals surface area (Å²) in [6.45, 7) is 3.79. The van der Waals surface area contributed by atoms with E-state index in [4.69, 9.17) is 16.3 Å². The van der Waals surface area contributed by atoms with Crippen LogP contribution in [0.1, 0.15) is 11.4 Å². The van der Waals surface area contributed by atoms with Crippen LogP contribution in [0.3, 0.4) is 0 Å². The summed E-state index contributed by atoms with van der Waals surface area (Å²) in [5.74, 6) is 1.83. The van der Waals surface area contributed by atoms with Crippen molar-refractivity contribution >= 4 is 34.2 Å². The van der Waals surface area contributed by atoms with Crippen LogP contribution in [0.15, 0.2) is 24.3 Å². The highest BCUT2D eigenvalue weighted by Crippen LogP contribution is 2.27. The summed E-state index contributed by atoms with van der Waals surface area (Å²) < 4.78 is 6.74. The number of halogens is 2. The normalized spacial score (nSPS) is 10.4. The fourth-order valence-corrected chi connectivity index (χ4v) is 2.02. The van der Waals surface area contributed by atoms with Crippen LogP contribution < -0.4 is 4.74 Å². The van der Waals surface area contributed by atoms with E-state index in [9.17, 15) is 0 Å². The molecule has 0 aliphatic heterocycles. The van der Waals surface area contributed by atoms with Gasteiger partial charge in [-0.2, -0.15) is 4.98 Å². The largest absolute Gasteiger partial charge is 0.438 e. The Morgan fingerprint density at radius 2 is 1.94 bits per heavy atom. The number of ether oxygens (including phenoxy) is 1. The summed E-state index contributed by atoms with van der Waals surface area (Å²) >= 11 is 8.07. The fourth-order valence-electron chi connectivity index (χ4n) is 1.36. The molecule has 0 atom stereocenters. The minimum atomic E-state index is 0.384. The number of nitrogens with zero attached hydrogens (tertiary/aromatic N) is 2. The molecule has 0 saturated carbocycles. The lowest BCUT2D eigenvalue weighted by atomic mass is 10.2. The Hall–Kier alpha value is -0.880. The zero-order valence-corrected chi connectivity index (χ0v) is 12.3. The van der Waals surface area contributed by atoms with Gasteiger partial charge in [-0.25, -0.2) is 4.98 Å². The van der Waals surface area contributed by atoms with Gasteiger partial charge in [0.05, 0.1) is 3.57 Å². The Morgan fingerprint density at radius 3 is 2.65 bits per heavy atom. The number of aromatic nitrogens is 2. The molecule has 0 radical (unpaired) electrons. The molecule has 0 spiro atoms. The molecular weight excluding hydrogens is 351 g/mol. The minimum Gasteiger partial charge on any atom is -0.438 e. The molecule has 0 saturated heterocycles. The molecule has 0 fully saturated rings. The Kier molecular flexibility index (Phi) is 3.83. The molecule has 0 unspecified atom stereocenters. The van der Waals surface area contributed by atoms with Gasteiger partial charge in [0.2, 0.25) is 5.88 Å². The summed E-state index contributed by atoms with van der Waals surface area (Å²) in [6, 6.07) is 7.60. The SMILES string of the molecule is Cc1ccc(I)c(Oc2cc(Cl)nc(C)n2)c1. The van der Waals surface area contributed by atoms with Gasteiger partial charge in [0.15, 0.2) is 0 Å². The molecule has 0 N–H and O–H groups in total. The minimum absolute atomic E-state index is 0.384. The van der Waals surface area contributed by atoms with Crippen molar-refractivity contribution in [1.82, 2.24) is 9.97 Å². The number of benzene rings is 1. The van der Waals surface area contributed by atoms with E-state index in [2.05, 4.69) is 32.6 Å². The lowest BCUT2D eigenvalue weighted by molar-refractivity contribution is 0.456. The van der Waals surface area contributed by atoms with Crippen molar-refractivity contribution < 1.29 is 4.74 Å². The van der Waals surface area contributed by atoms with Gasteiger partial charge in [-0.1, -0.05) is 17.7 Å². The van der Waals surface area contributed by atoms with Gasteiger partial charge in [-0.15, -0.1) is 0 Å². The predicted molar refractivity (Wildman–Crippen MR) is 75.7 cm³/mol. The first-order valence-electron chi connectivity index (χ1n) is 5.00. The molecule has 0 amide bonds.